The summed E-state index contributed by atoms with van der Waals surface area (Å²) < 4.78 is 28.4. The summed E-state index contributed by atoms with van der Waals surface area (Å²) in [5.74, 6) is 1.04. The number of rotatable bonds is 9. The highest BCUT2D eigenvalue weighted by Crippen LogP contribution is 2.46. The second-order valence-corrected chi connectivity index (χ2v) is 9.94. The van der Waals surface area contributed by atoms with Crippen LogP contribution in [0.1, 0.15) is 44.9 Å². The van der Waals surface area contributed by atoms with Crippen molar-refractivity contribution in [1.82, 2.24) is 10.6 Å². The van der Waals surface area contributed by atoms with Gasteiger partial charge in [0.15, 0.2) is 5.96 Å². The molecular formula is C17H34IN3O3S. The van der Waals surface area contributed by atoms with E-state index in [1.165, 1.54) is 31.9 Å². The van der Waals surface area contributed by atoms with E-state index in [0.29, 0.717) is 12.0 Å². The highest BCUT2D eigenvalue weighted by molar-refractivity contribution is 14.0. The van der Waals surface area contributed by atoms with Gasteiger partial charge in [0.05, 0.1) is 5.75 Å². The maximum Gasteiger partial charge on any atom is 0.191 e. The number of hydrogen-bond acceptors (Lipinski definition) is 4. The zero-order chi connectivity index (χ0) is 17.7. The molecule has 2 rings (SSSR count). The van der Waals surface area contributed by atoms with Crippen LogP contribution in [-0.2, 0) is 14.6 Å². The quantitative estimate of drug-likeness (QED) is 0.296. The van der Waals surface area contributed by atoms with Gasteiger partial charge in [0, 0.05) is 45.5 Å². The lowest BCUT2D eigenvalue weighted by atomic mass is 9.83. The first-order chi connectivity index (χ1) is 11.3. The molecule has 2 fully saturated rings. The maximum absolute atomic E-state index is 11.6. The molecule has 0 unspecified atom stereocenters. The molecule has 2 saturated carbocycles. The number of methoxy groups -OCH3 is 1. The van der Waals surface area contributed by atoms with Crippen molar-refractivity contribution in [3.63, 3.8) is 0 Å². The van der Waals surface area contributed by atoms with Crippen molar-refractivity contribution in [3.8, 4) is 0 Å². The van der Waals surface area contributed by atoms with Gasteiger partial charge < -0.3 is 15.4 Å². The van der Waals surface area contributed by atoms with E-state index >= 15 is 0 Å². The molecule has 2 N–H and O–H groups in total. The minimum absolute atomic E-state index is 0. The first-order valence-corrected chi connectivity index (χ1v) is 11.0. The first-order valence-electron chi connectivity index (χ1n) is 8.93. The van der Waals surface area contributed by atoms with Gasteiger partial charge in [-0.05, 0) is 37.5 Å². The molecular weight excluding hydrogens is 453 g/mol. The fourth-order valence-electron chi connectivity index (χ4n) is 3.83. The van der Waals surface area contributed by atoms with Gasteiger partial charge in [-0.3, -0.25) is 4.99 Å². The lowest BCUT2D eigenvalue weighted by molar-refractivity contribution is 0.138. The Balaban J connectivity index is 0.00000312. The Morgan fingerprint density at radius 2 is 1.64 bits per heavy atom. The average molecular weight is 487 g/mol. The summed E-state index contributed by atoms with van der Waals surface area (Å²) in [4.78, 5) is 4.30. The van der Waals surface area contributed by atoms with Gasteiger partial charge in [-0.25, -0.2) is 8.42 Å². The lowest BCUT2D eigenvalue weighted by Crippen LogP contribution is -2.45. The number of ether oxygens (including phenoxy) is 1. The van der Waals surface area contributed by atoms with Crippen LogP contribution in [0, 0.1) is 10.8 Å². The Labute approximate surface area is 169 Å². The van der Waals surface area contributed by atoms with Crippen molar-refractivity contribution in [2.75, 3.05) is 45.9 Å². The molecule has 148 valence electrons. The number of nitrogens with zero attached hydrogens (tertiary/aromatic N) is 1. The third-order valence-electron chi connectivity index (χ3n) is 5.51. The molecule has 0 aromatic carbocycles. The summed E-state index contributed by atoms with van der Waals surface area (Å²) >= 11 is 0. The van der Waals surface area contributed by atoms with E-state index in [0.717, 1.165) is 38.4 Å². The molecule has 0 radical (unpaired) electrons. The summed E-state index contributed by atoms with van der Waals surface area (Å²) in [6, 6.07) is 0. The summed E-state index contributed by atoms with van der Waals surface area (Å²) in [5.41, 5.74) is 0.212. The fraction of sp³-hybridized carbons (Fsp3) is 0.941. The van der Waals surface area contributed by atoms with Gasteiger partial charge >= 0.3 is 0 Å². The number of hydrogen-bond donors (Lipinski definition) is 2. The zero-order valence-electron chi connectivity index (χ0n) is 15.8. The molecule has 0 aromatic heterocycles. The van der Waals surface area contributed by atoms with Crippen molar-refractivity contribution in [3.05, 3.63) is 0 Å². The van der Waals surface area contributed by atoms with E-state index in [1.54, 1.807) is 14.2 Å². The minimum Gasteiger partial charge on any atom is -0.385 e. The molecule has 0 amide bonds. The van der Waals surface area contributed by atoms with E-state index < -0.39 is 9.84 Å². The highest BCUT2D eigenvalue weighted by atomic mass is 127. The smallest absolute Gasteiger partial charge is 0.191 e. The Morgan fingerprint density at radius 1 is 1.08 bits per heavy atom. The van der Waals surface area contributed by atoms with Crippen molar-refractivity contribution in [1.29, 1.82) is 0 Å². The van der Waals surface area contributed by atoms with Gasteiger partial charge in [-0.2, -0.15) is 0 Å². The highest BCUT2D eigenvalue weighted by Gasteiger charge is 2.45. The van der Waals surface area contributed by atoms with E-state index in [2.05, 4.69) is 15.6 Å². The molecule has 0 aliphatic heterocycles. The number of aliphatic imine (C=N–C) groups is 1. The summed E-state index contributed by atoms with van der Waals surface area (Å²) in [6.45, 7) is 2.37. The molecule has 6 nitrogen and oxygen atoms in total. The van der Waals surface area contributed by atoms with Crippen LogP contribution in [0.25, 0.3) is 0 Å². The molecule has 0 spiro atoms. The maximum atomic E-state index is 11.6. The van der Waals surface area contributed by atoms with E-state index in [9.17, 15) is 8.42 Å². The number of guanidine groups is 1. The van der Waals surface area contributed by atoms with Crippen LogP contribution in [0.5, 0.6) is 0 Å². The molecule has 0 heterocycles. The zero-order valence-corrected chi connectivity index (χ0v) is 18.9. The molecule has 8 heteroatoms. The predicted octanol–water partition coefficient (Wildman–Crippen LogP) is 2.19. The molecule has 0 aromatic rings. The first kappa shape index (κ1) is 23.0. The Bertz CT molecular complexity index is 541. The normalized spacial score (nSPS) is 21.5. The predicted molar refractivity (Wildman–Crippen MR) is 114 cm³/mol. The minimum atomic E-state index is -2.93. The van der Waals surface area contributed by atoms with Crippen LogP contribution >= 0.6 is 24.0 Å². The lowest BCUT2D eigenvalue weighted by Gasteiger charge is -2.30. The molecule has 2 aliphatic rings. The van der Waals surface area contributed by atoms with E-state index in [-0.39, 0.29) is 35.1 Å². The molecule has 2 aliphatic carbocycles. The van der Waals surface area contributed by atoms with E-state index in [1.807, 2.05) is 0 Å². The summed E-state index contributed by atoms with van der Waals surface area (Å²) in [5, 5.41) is 6.79. The Kier molecular flexibility index (Phi) is 8.93. The van der Waals surface area contributed by atoms with Crippen molar-refractivity contribution in [2.24, 2.45) is 15.8 Å². The Hall–Kier alpha value is -0.0900. The molecule has 0 atom stereocenters. The van der Waals surface area contributed by atoms with Crippen molar-refractivity contribution in [2.45, 2.75) is 44.9 Å². The van der Waals surface area contributed by atoms with Gasteiger partial charge in [0.2, 0.25) is 0 Å². The fourth-order valence-corrected chi connectivity index (χ4v) is 5.33. The third kappa shape index (κ3) is 7.58. The third-order valence-corrected chi connectivity index (χ3v) is 6.65. The molecule has 0 saturated heterocycles. The van der Waals surface area contributed by atoms with Crippen LogP contribution in [0.15, 0.2) is 4.99 Å². The van der Waals surface area contributed by atoms with Gasteiger partial charge in [-0.1, -0.05) is 12.8 Å². The van der Waals surface area contributed by atoms with Crippen LogP contribution in [0.3, 0.4) is 0 Å². The van der Waals surface area contributed by atoms with Crippen molar-refractivity contribution >= 4 is 39.8 Å². The van der Waals surface area contributed by atoms with Gasteiger partial charge in [0.1, 0.15) is 9.84 Å². The van der Waals surface area contributed by atoms with Gasteiger partial charge in [0.25, 0.3) is 0 Å². The van der Waals surface area contributed by atoms with Crippen LogP contribution in [0.2, 0.25) is 0 Å². The molecule has 0 bridgehead atoms. The van der Waals surface area contributed by atoms with Crippen LogP contribution in [-0.4, -0.2) is 60.2 Å². The van der Waals surface area contributed by atoms with Crippen LogP contribution in [0.4, 0.5) is 0 Å². The Morgan fingerprint density at radius 3 is 2.08 bits per heavy atom. The largest absolute Gasteiger partial charge is 0.385 e. The van der Waals surface area contributed by atoms with Crippen molar-refractivity contribution < 1.29 is 13.2 Å². The second-order valence-electron chi connectivity index (χ2n) is 7.80. The topological polar surface area (TPSA) is 79.8 Å². The van der Waals surface area contributed by atoms with Crippen LogP contribution < -0.4 is 10.6 Å². The van der Waals surface area contributed by atoms with E-state index in [4.69, 9.17) is 4.74 Å². The van der Waals surface area contributed by atoms with Gasteiger partial charge in [-0.15, -0.1) is 24.0 Å². The monoisotopic (exact) mass is 487 g/mol. The molecule has 25 heavy (non-hydrogen) atoms. The summed E-state index contributed by atoms with van der Waals surface area (Å²) in [6.07, 6.45) is 9.38. The summed E-state index contributed by atoms with van der Waals surface area (Å²) in [7, 11) is 0.590. The SMILES string of the molecule is CN=C(NCC1(CCOC)CCCC1)NCC1(CS(C)(=O)=O)CC1.I. The second kappa shape index (κ2) is 9.73. The number of nitrogens with one attached hydrogen (secondary N) is 2. The number of halogens is 1. The number of sulfone groups is 1. The average Bonchev–Trinajstić information content (AvgIpc) is 3.10. The standard InChI is InChI=1S/C17H33N3O3S.HI/c1-18-15(20-13-17(8-9-17)14-24(3,21)22)19-12-16(10-11-23-2)6-4-5-7-16;/h4-14H2,1-3H3,(H2,18,19,20);1H.